The maximum Gasteiger partial charge on any atom is 0.0170 e. The molecule has 1 rings (SSSR count). The molecule has 0 bridgehead atoms. The van der Waals surface area contributed by atoms with Crippen molar-refractivity contribution in [2.24, 2.45) is 11.7 Å². The van der Waals surface area contributed by atoms with Crippen molar-refractivity contribution in [1.82, 2.24) is 4.90 Å². The van der Waals surface area contributed by atoms with Crippen LogP contribution in [0.2, 0.25) is 0 Å². The lowest BCUT2D eigenvalue weighted by molar-refractivity contribution is 0.132. The third-order valence-electron chi connectivity index (χ3n) is 2.45. The van der Waals surface area contributed by atoms with Crippen molar-refractivity contribution in [3.8, 4) is 0 Å². The summed E-state index contributed by atoms with van der Waals surface area (Å²) in [5.41, 5.74) is 5.91. The summed E-state index contributed by atoms with van der Waals surface area (Å²) in [6, 6.07) is 1.06. The third kappa shape index (κ3) is 2.46. The first-order valence-corrected chi connectivity index (χ1v) is 4.59. The maximum atomic E-state index is 5.91. The lowest BCUT2D eigenvalue weighted by Gasteiger charge is -2.37. The molecule has 2 nitrogen and oxygen atoms in total. The van der Waals surface area contributed by atoms with E-state index < -0.39 is 0 Å². The van der Waals surface area contributed by atoms with Crippen LogP contribution in [0.4, 0.5) is 0 Å². The highest BCUT2D eigenvalue weighted by Gasteiger charge is 2.23. The van der Waals surface area contributed by atoms with Crippen LogP contribution < -0.4 is 5.73 Å². The molecular weight excluding hydrogens is 136 g/mol. The molecule has 1 heterocycles. The number of hydrogen-bond acceptors (Lipinski definition) is 2. The molecular formula is C9H20N2. The molecule has 0 aromatic heterocycles. The Labute approximate surface area is 69.8 Å². The van der Waals surface area contributed by atoms with Gasteiger partial charge in [-0.15, -0.1) is 0 Å². The molecule has 1 aliphatic heterocycles. The monoisotopic (exact) mass is 156 g/mol. The minimum Gasteiger partial charge on any atom is -0.327 e. The standard InChI is InChI=1S/C9H20N2/c1-7(2)11-5-8(3)4-9(10)6-11/h7-9H,4-6,10H2,1-3H3/t8-,9+/m1/s1. The van der Waals surface area contributed by atoms with Crippen molar-refractivity contribution in [2.75, 3.05) is 13.1 Å². The Morgan fingerprint density at radius 1 is 1.36 bits per heavy atom. The van der Waals surface area contributed by atoms with Gasteiger partial charge in [-0.05, 0) is 26.2 Å². The molecule has 0 unspecified atom stereocenters. The van der Waals surface area contributed by atoms with Crippen molar-refractivity contribution in [2.45, 2.75) is 39.3 Å². The van der Waals surface area contributed by atoms with Gasteiger partial charge < -0.3 is 5.73 Å². The molecule has 0 aromatic rings. The Morgan fingerprint density at radius 3 is 2.45 bits per heavy atom. The minimum atomic E-state index is 0.404. The SMILES string of the molecule is CC(C)N1C[C@H](C)C[C@H](N)C1. The molecule has 0 aromatic carbocycles. The van der Waals surface area contributed by atoms with Crippen molar-refractivity contribution in [3.63, 3.8) is 0 Å². The van der Waals surface area contributed by atoms with Gasteiger partial charge in [0.15, 0.2) is 0 Å². The maximum absolute atomic E-state index is 5.91. The van der Waals surface area contributed by atoms with Crippen LogP contribution in [0, 0.1) is 5.92 Å². The van der Waals surface area contributed by atoms with E-state index in [1.807, 2.05) is 0 Å². The van der Waals surface area contributed by atoms with E-state index in [0.29, 0.717) is 12.1 Å². The van der Waals surface area contributed by atoms with E-state index in [4.69, 9.17) is 5.73 Å². The summed E-state index contributed by atoms with van der Waals surface area (Å²) in [6.07, 6.45) is 1.20. The topological polar surface area (TPSA) is 29.3 Å². The van der Waals surface area contributed by atoms with E-state index in [1.54, 1.807) is 0 Å². The number of hydrogen-bond donors (Lipinski definition) is 1. The predicted molar refractivity (Wildman–Crippen MR) is 48.5 cm³/mol. The summed E-state index contributed by atoms with van der Waals surface area (Å²) in [7, 11) is 0. The van der Waals surface area contributed by atoms with Crippen LogP contribution in [0.5, 0.6) is 0 Å². The first-order chi connectivity index (χ1) is 5.09. The second-order valence-corrected chi connectivity index (χ2v) is 4.15. The van der Waals surface area contributed by atoms with Crippen molar-refractivity contribution in [3.05, 3.63) is 0 Å². The summed E-state index contributed by atoms with van der Waals surface area (Å²) in [5, 5.41) is 0. The van der Waals surface area contributed by atoms with Gasteiger partial charge >= 0.3 is 0 Å². The second-order valence-electron chi connectivity index (χ2n) is 4.15. The molecule has 0 saturated carbocycles. The molecule has 2 N–H and O–H groups in total. The van der Waals surface area contributed by atoms with E-state index >= 15 is 0 Å². The highest BCUT2D eigenvalue weighted by molar-refractivity contribution is 4.80. The first kappa shape index (κ1) is 9.01. The van der Waals surface area contributed by atoms with Gasteiger partial charge in [0.2, 0.25) is 0 Å². The molecule has 0 amide bonds. The van der Waals surface area contributed by atoms with Crippen LogP contribution in [-0.2, 0) is 0 Å². The Balaban J connectivity index is 2.43. The van der Waals surface area contributed by atoms with E-state index in [0.717, 1.165) is 12.5 Å². The predicted octanol–water partition coefficient (Wildman–Crippen LogP) is 1.06. The molecule has 0 radical (unpaired) electrons. The molecule has 0 spiro atoms. The Kier molecular flexibility index (Phi) is 2.90. The molecule has 1 aliphatic rings. The fourth-order valence-electron chi connectivity index (χ4n) is 1.86. The Hall–Kier alpha value is -0.0800. The average molecular weight is 156 g/mol. The zero-order valence-electron chi connectivity index (χ0n) is 7.88. The van der Waals surface area contributed by atoms with Crippen LogP contribution in [0.1, 0.15) is 27.2 Å². The van der Waals surface area contributed by atoms with Gasteiger partial charge in [0.05, 0.1) is 0 Å². The van der Waals surface area contributed by atoms with E-state index in [9.17, 15) is 0 Å². The quantitative estimate of drug-likeness (QED) is 0.615. The van der Waals surface area contributed by atoms with Crippen molar-refractivity contribution in [1.29, 1.82) is 0 Å². The number of likely N-dealkylation sites (tertiary alicyclic amines) is 1. The van der Waals surface area contributed by atoms with Gasteiger partial charge in [-0.3, -0.25) is 4.90 Å². The van der Waals surface area contributed by atoms with Gasteiger partial charge in [-0.1, -0.05) is 6.92 Å². The van der Waals surface area contributed by atoms with Crippen molar-refractivity contribution >= 4 is 0 Å². The largest absolute Gasteiger partial charge is 0.327 e. The molecule has 1 fully saturated rings. The van der Waals surface area contributed by atoms with Gasteiger partial charge in [0.25, 0.3) is 0 Å². The van der Waals surface area contributed by atoms with Crippen LogP contribution in [0.25, 0.3) is 0 Å². The summed E-state index contributed by atoms with van der Waals surface area (Å²) in [6.45, 7) is 9.08. The zero-order chi connectivity index (χ0) is 8.43. The fourth-order valence-corrected chi connectivity index (χ4v) is 1.86. The van der Waals surface area contributed by atoms with Crippen LogP contribution >= 0.6 is 0 Å². The molecule has 1 saturated heterocycles. The van der Waals surface area contributed by atoms with E-state index in [1.165, 1.54) is 13.0 Å². The lowest BCUT2D eigenvalue weighted by atomic mass is 9.96. The summed E-state index contributed by atoms with van der Waals surface area (Å²) in [5.74, 6) is 0.779. The van der Waals surface area contributed by atoms with Gasteiger partial charge in [-0.25, -0.2) is 0 Å². The van der Waals surface area contributed by atoms with E-state index in [-0.39, 0.29) is 0 Å². The highest BCUT2D eigenvalue weighted by atomic mass is 15.2. The number of nitrogens with two attached hydrogens (primary N) is 1. The molecule has 2 heteroatoms. The number of nitrogens with zero attached hydrogens (tertiary/aromatic N) is 1. The average Bonchev–Trinajstić information content (AvgIpc) is 1.85. The lowest BCUT2D eigenvalue weighted by Crippen LogP contribution is -2.48. The normalized spacial score (nSPS) is 34.6. The van der Waals surface area contributed by atoms with Gasteiger partial charge in [0, 0.05) is 25.2 Å². The first-order valence-electron chi connectivity index (χ1n) is 4.59. The Bertz CT molecular complexity index is 113. The van der Waals surface area contributed by atoms with E-state index in [2.05, 4.69) is 25.7 Å². The molecule has 2 atom stereocenters. The minimum absolute atomic E-state index is 0.404. The summed E-state index contributed by atoms with van der Waals surface area (Å²) >= 11 is 0. The highest BCUT2D eigenvalue weighted by Crippen LogP contribution is 2.16. The van der Waals surface area contributed by atoms with Gasteiger partial charge in [-0.2, -0.15) is 0 Å². The molecule has 11 heavy (non-hydrogen) atoms. The second kappa shape index (κ2) is 3.55. The Morgan fingerprint density at radius 2 is 2.00 bits per heavy atom. The summed E-state index contributed by atoms with van der Waals surface area (Å²) < 4.78 is 0. The van der Waals surface area contributed by atoms with Gasteiger partial charge in [0.1, 0.15) is 0 Å². The third-order valence-corrected chi connectivity index (χ3v) is 2.45. The van der Waals surface area contributed by atoms with Crippen LogP contribution in [0.3, 0.4) is 0 Å². The fraction of sp³-hybridized carbons (Fsp3) is 1.00. The molecule has 66 valence electrons. The molecule has 0 aliphatic carbocycles. The summed E-state index contributed by atoms with van der Waals surface area (Å²) in [4.78, 5) is 2.47. The van der Waals surface area contributed by atoms with Crippen molar-refractivity contribution < 1.29 is 0 Å². The smallest absolute Gasteiger partial charge is 0.0170 e. The number of rotatable bonds is 1. The zero-order valence-corrected chi connectivity index (χ0v) is 7.88. The van der Waals surface area contributed by atoms with Crippen LogP contribution in [0.15, 0.2) is 0 Å². The van der Waals surface area contributed by atoms with Crippen LogP contribution in [-0.4, -0.2) is 30.1 Å². The number of piperidine rings is 1.